The van der Waals surface area contributed by atoms with Gasteiger partial charge in [-0.2, -0.15) is 4.31 Å². The van der Waals surface area contributed by atoms with Crippen LogP contribution in [0.15, 0.2) is 47.5 Å². The van der Waals surface area contributed by atoms with Crippen molar-refractivity contribution in [2.75, 3.05) is 39.5 Å². The zero-order chi connectivity index (χ0) is 19.0. The van der Waals surface area contributed by atoms with E-state index in [1.165, 1.54) is 10.6 Å². The Morgan fingerprint density at radius 2 is 1.78 bits per heavy atom. The number of aliphatic imine (C=N–C) groups is 1. The topological polar surface area (TPSA) is 71.4 Å². The molecule has 2 heterocycles. The summed E-state index contributed by atoms with van der Waals surface area (Å²) in [5, 5.41) is 0. The van der Waals surface area contributed by atoms with Gasteiger partial charge in [-0.3, -0.25) is 0 Å². The van der Waals surface area contributed by atoms with Crippen LogP contribution in [-0.2, 0) is 10.0 Å². The summed E-state index contributed by atoms with van der Waals surface area (Å²) < 4.78 is 36.8. The summed E-state index contributed by atoms with van der Waals surface area (Å²) in [5.74, 6) is 2.68. The zero-order valence-corrected chi connectivity index (χ0v) is 16.1. The number of piperazine rings is 1. The Kier molecular flexibility index (Phi) is 4.53. The summed E-state index contributed by atoms with van der Waals surface area (Å²) in [6, 6.07) is 13.3. The largest absolute Gasteiger partial charge is 0.493 e. The molecule has 2 aliphatic heterocycles. The minimum atomic E-state index is -3.18. The minimum absolute atomic E-state index is 0.430. The maximum absolute atomic E-state index is 11.8. The van der Waals surface area contributed by atoms with Gasteiger partial charge in [0.25, 0.3) is 0 Å². The molecule has 2 aromatic rings. The molecule has 0 spiro atoms. The second-order valence-electron chi connectivity index (χ2n) is 6.49. The van der Waals surface area contributed by atoms with Gasteiger partial charge in [0.2, 0.25) is 10.0 Å². The van der Waals surface area contributed by atoms with E-state index in [1.807, 2.05) is 42.5 Å². The van der Waals surface area contributed by atoms with Crippen molar-refractivity contribution < 1.29 is 17.9 Å². The molecule has 2 aliphatic rings. The number of nitrogens with zero attached hydrogens (tertiary/aromatic N) is 3. The first kappa shape index (κ1) is 17.8. The van der Waals surface area contributed by atoms with Crippen LogP contribution >= 0.6 is 0 Å². The Morgan fingerprint density at radius 1 is 1.04 bits per heavy atom. The van der Waals surface area contributed by atoms with Crippen LogP contribution in [0.4, 0.5) is 5.69 Å². The van der Waals surface area contributed by atoms with E-state index in [9.17, 15) is 8.42 Å². The van der Waals surface area contributed by atoms with Crippen LogP contribution in [0.25, 0.3) is 0 Å². The van der Waals surface area contributed by atoms with Gasteiger partial charge in [-0.1, -0.05) is 18.2 Å². The number of methoxy groups -OCH3 is 1. The van der Waals surface area contributed by atoms with E-state index in [-0.39, 0.29) is 0 Å². The van der Waals surface area contributed by atoms with E-state index in [1.54, 1.807) is 7.11 Å². The quantitative estimate of drug-likeness (QED) is 0.792. The average Bonchev–Trinajstić information content (AvgIpc) is 2.84. The van der Waals surface area contributed by atoms with Crippen molar-refractivity contribution in [3.63, 3.8) is 0 Å². The molecule has 0 unspecified atom stereocenters. The van der Waals surface area contributed by atoms with Gasteiger partial charge in [0.1, 0.15) is 11.5 Å². The van der Waals surface area contributed by atoms with Crippen LogP contribution in [0, 0.1) is 0 Å². The molecule has 0 saturated carbocycles. The Bertz CT molecular complexity index is 996. The van der Waals surface area contributed by atoms with Gasteiger partial charge in [0, 0.05) is 26.2 Å². The van der Waals surface area contributed by atoms with Gasteiger partial charge < -0.3 is 14.4 Å². The molecule has 27 heavy (non-hydrogen) atoms. The van der Waals surface area contributed by atoms with Crippen molar-refractivity contribution in [3.05, 3.63) is 48.0 Å². The number of para-hydroxylation sites is 3. The Labute approximate surface area is 158 Å². The highest BCUT2D eigenvalue weighted by atomic mass is 32.2. The normalized spacial score (nSPS) is 17.3. The summed E-state index contributed by atoms with van der Waals surface area (Å²) in [6.07, 6.45) is 1.25. The molecule has 1 saturated heterocycles. The van der Waals surface area contributed by atoms with Crippen LogP contribution in [0.2, 0.25) is 0 Å². The fourth-order valence-corrected chi connectivity index (χ4v) is 4.18. The number of hydrogen-bond donors (Lipinski definition) is 0. The fraction of sp³-hybridized carbons (Fsp3) is 0.316. The molecule has 142 valence electrons. The van der Waals surface area contributed by atoms with Gasteiger partial charge in [0.05, 0.1) is 18.9 Å². The van der Waals surface area contributed by atoms with Gasteiger partial charge in [-0.25, -0.2) is 13.4 Å². The first-order valence-electron chi connectivity index (χ1n) is 8.70. The maximum atomic E-state index is 11.8. The highest BCUT2D eigenvalue weighted by Crippen LogP contribution is 2.42. The summed E-state index contributed by atoms with van der Waals surface area (Å²) in [5.41, 5.74) is 1.56. The molecule has 2 aromatic carbocycles. The predicted molar refractivity (Wildman–Crippen MR) is 104 cm³/mol. The molecular formula is C19H21N3O4S. The Balaban J connectivity index is 1.77. The van der Waals surface area contributed by atoms with Crippen molar-refractivity contribution in [2.24, 2.45) is 4.99 Å². The lowest BCUT2D eigenvalue weighted by atomic mass is 10.1. The second-order valence-corrected chi connectivity index (χ2v) is 8.47. The van der Waals surface area contributed by atoms with Gasteiger partial charge in [-0.05, 0) is 24.3 Å². The lowest BCUT2D eigenvalue weighted by Crippen LogP contribution is -2.50. The first-order chi connectivity index (χ1) is 13.0. The van der Waals surface area contributed by atoms with Crippen molar-refractivity contribution in [1.82, 2.24) is 9.21 Å². The average molecular weight is 387 g/mol. The predicted octanol–water partition coefficient (Wildman–Crippen LogP) is 2.46. The third kappa shape index (κ3) is 3.38. The van der Waals surface area contributed by atoms with E-state index in [2.05, 4.69) is 4.90 Å². The van der Waals surface area contributed by atoms with Crippen LogP contribution in [0.5, 0.6) is 17.2 Å². The number of rotatable bonds is 2. The van der Waals surface area contributed by atoms with E-state index in [0.717, 1.165) is 17.1 Å². The highest BCUT2D eigenvalue weighted by molar-refractivity contribution is 7.88. The molecule has 0 atom stereocenters. The SMILES string of the molecule is COc1cccc2c1Oc1ccccc1N=C2N1CCN(S(C)(=O)=O)CC1. The molecular weight excluding hydrogens is 366 g/mol. The molecule has 7 nitrogen and oxygen atoms in total. The summed E-state index contributed by atoms with van der Waals surface area (Å²) in [7, 11) is -1.58. The molecule has 0 aromatic heterocycles. The zero-order valence-electron chi connectivity index (χ0n) is 15.3. The van der Waals surface area contributed by atoms with Crippen molar-refractivity contribution in [1.29, 1.82) is 0 Å². The lowest BCUT2D eigenvalue weighted by Gasteiger charge is -2.35. The second kappa shape index (κ2) is 6.86. The number of sulfonamides is 1. The van der Waals surface area contributed by atoms with Gasteiger partial charge in [0.15, 0.2) is 17.2 Å². The van der Waals surface area contributed by atoms with Crippen LogP contribution in [0.3, 0.4) is 0 Å². The number of hydrogen-bond acceptors (Lipinski definition) is 6. The maximum Gasteiger partial charge on any atom is 0.211 e. The van der Waals surface area contributed by atoms with E-state index < -0.39 is 10.0 Å². The molecule has 4 rings (SSSR count). The molecule has 0 aliphatic carbocycles. The van der Waals surface area contributed by atoms with Crippen molar-refractivity contribution in [3.8, 4) is 17.2 Å². The number of ether oxygens (including phenoxy) is 2. The molecule has 0 radical (unpaired) electrons. The molecule has 0 N–H and O–H groups in total. The molecule has 1 fully saturated rings. The van der Waals surface area contributed by atoms with Crippen LogP contribution in [-0.4, -0.2) is 63.0 Å². The van der Waals surface area contributed by atoms with Gasteiger partial charge in [-0.15, -0.1) is 0 Å². The Hall–Kier alpha value is -2.58. The third-order valence-electron chi connectivity index (χ3n) is 4.75. The number of amidine groups is 1. The number of benzene rings is 2. The lowest BCUT2D eigenvalue weighted by molar-refractivity contribution is 0.267. The van der Waals surface area contributed by atoms with Crippen molar-refractivity contribution in [2.45, 2.75) is 0 Å². The highest BCUT2D eigenvalue weighted by Gasteiger charge is 2.29. The van der Waals surface area contributed by atoms with Crippen LogP contribution in [0.1, 0.15) is 5.56 Å². The van der Waals surface area contributed by atoms with E-state index in [4.69, 9.17) is 14.5 Å². The fourth-order valence-electron chi connectivity index (χ4n) is 3.35. The Morgan fingerprint density at radius 3 is 2.48 bits per heavy atom. The third-order valence-corrected chi connectivity index (χ3v) is 6.05. The minimum Gasteiger partial charge on any atom is -0.493 e. The van der Waals surface area contributed by atoms with Gasteiger partial charge >= 0.3 is 0 Å². The first-order valence-corrected chi connectivity index (χ1v) is 10.6. The van der Waals surface area contributed by atoms with Crippen molar-refractivity contribution >= 4 is 21.5 Å². The molecule has 0 bridgehead atoms. The van der Waals surface area contributed by atoms with Crippen LogP contribution < -0.4 is 9.47 Å². The van der Waals surface area contributed by atoms with E-state index >= 15 is 0 Å². The van der Waals surface area contributed by atoms with E-state index in [0.29, 0.717) is 43.4 Å². The number of fused-ring (bicyclic) bond motifs is 2. The standard InChI is InChI=1S/C19H21N3O4S/c1-25-17-9-5-6-14-18(17)26-16-8-4-3-7-15(16)20-19(14)21-10-12-22(13-11-21)27(2,23)24/h3-9H,10-13H2,1-2H3. The summed E-state index contributed by atoms with van der Waals surface area (Å²) in [6.45, 7) is 1.98. The molecule has 8 heteroatoms. The summed E-state index contributed by atoms with van der Waals surface area (Å²) in [4.78, 5) is 6.96. The molecule has 0 amide bonds. The monoisotopic (exact) mass is 387 g/mol. The summed E-state index contributed by atoms with van der Waals surface area (Å²) >= 11 is 0. The smallest absolute Gasteiger partial charge is 0.211 e.